The number of hydrogen-bond donors (Lipinski definition) is 0. The largest absolute Gasteiger partial charge is 0.381 e. The number of carbonyl (C=O) groups excluding carboxylic acids is 1. The number of likely N-dealkylation sites (tertiary alicyclic amines) is 1. The predicted octanol–water partition coefficient (Wildman–Crippen LogP) is 1.99. The van der Waals surface area contributed by atoms with Crippen LogP contribution in [0.5, 0.6) is 0 Å². The van der Waals surface area contributed by atoms with Crippen molar-refractivity contribution in [2.24, 2.45) is 22.7 Å². The number of nitrogens with zero attached hydrogens (tertiary/aromatic N) is 2. The summed E-state index contributed by atoms with van der Waals surface area (Å²) in [6, 6.07) is 2.35. The smallest absolute Gasteiger partial charge is 0.243 e. The van der Waals surface area contributed by atoms with Crippen molar-refractivity contribution in [1.82, 2.24) is 4.90 Å². The number of ether oxygens (including phenoxy) is 3. The second-order valence-corrected chi connectivity index (χ2v) is 8.73. The van der Waals surface area contributed by atoms with E-state index in [9.17, 15) is 10.1 Å². The topological polar surface area (TPSA) is 71.8 Å². The molecule has 1 aliphatic carbocycles. The molecule has 0 radical (unpaired) electrons. The molecule has 0 aromatic rings. The number of hydrogen-bond acceptors (Lipinski definition) is 5. The molecule has 6 heteroatoms. The fourth-order valence-electron chi connectivity index (χ4n) is 5.19. The van der Waals surface area contributed by atoms with Crippen molar-refractivity contribution in [1.29, 1.82) is 5.26 Å². The van der Waals surface area contributed by atoms with Gasteiger partial charge < -0.3 is 19.1 Å². The third-order valence-electron chi connectivity index (χ3n) is 6.97. The van der Waals surface area contributed by atoms with Crippen LogP contribution in [-0.4, -0.2) is 63.5 Å². The Kier molecular flexibility index (Phi) is 5.22. The lowest BCUT2D eigenvalue weighted by Crippen LogP contribution is -2.43. The fraction of sp³-hybridized carbons (Fsp3) is 0.900. The third kappa shape index (κ3) is 3.26. The van der Waals surface area contributed by atoms with Crippen LogP contribution >= 0.6 is 0 Å². The van der Waals surface area contributed by atoms with E-state index in [4.69, 9.17) is 14.2 Å². The highest BCUT2D eigenvalue weighted by Crippen LogP contribution is 2.45. The molecule has 26 heavy (non-hydrogen) atoms. The molecule has 0 unspecified atom stereocenters. The van der Waals surface area contributed by atoms with Crippen molar-refractivity contribution >= 4 is 5.91 Å². The Morgan fingerprint density at radius 1 is 1.23 bits per heavy atom. The van der Waals surface area contributed by atoms with E-state index in [0.29, 0.717) is 57.6 Å². The van der Waals surface area contributed by atoms with Crippen molar-refractivity contribution in [3.8, 4) is 6.07 Å². The summed E-state index contributed by atoms with van der Waals surface area (Å²) < 4.78 is 17.3. The van der Waals surface area contributed by atoms with E-state index in [1.54, 1.807) is 0 Å². The van der Waals surface area contributed by atoms with Gasteiger partial charge in [-0.1, -0.05) is 12.8 Å². The average molecular weight is 362 g/mol. The van der Waals surface area contributed by atoms with Crippen LogP contribution in [0.1, 0.15) is 38.5 Å². The Morgan fingerprint density at radius 3 is 2.73 bits per heavy atom. The molecule has 144 valence electrons. The quantitative estimate of drug-likeness (QED) is 0.748. The van der Waals surface area contributed by atoms with Gasteiger partial charge in [0.1, 0.15) is 5.41 Å². The molecular weight excluding hydrogens is 332 g/mol. The minimum atomic E-state index is -0.774. The molecule has 4 rings (SSSR count). The normalized spacial score (nSPS) is 34.0. The van der Waals surface area contributed by atoms with E-state index in [-0.39, 0.29) is 11.3 Å². The standard InChI is InChI=1S/C20H30N2O4/c21-12-19(5-1-2-6-19)18(23)22-9-17-11-26-15-20(17,13-22)14-25-10-16-3-7-24-8-4-16/h16-17H,1-11,13-15H2/t17-,20-/m1/s1. The van der Waals surface area contributed by atoms with E-state index in [1.807, 2.05) is 4.90 Å². The van der Waals surface area contributed by atoms with E-state index in [0.717, 1.165) is 45.5 Å². The van der Waals surface area contributed by atoms with Gasteiger partial charge in [0.15, 0.2) is 0 Å². The first kappa shape index (κ1) is 18.2. The zero-order chi connectivity index (χ0) is 18.0. The van der Waals surface area contributed by atoms with Crippen molar-refractivity contribution in [2.45, 2.75) is 38.5 Å². The maximum absolute atomic E-state index is 13.1. The molecule has 4 fully saturated rings. The molecule has 1 amide bonds. The van der Waals surface area contributed by atoms with Gasteiger partial charge >= 0.3 is 0 Å². The van der Waals surface area contributed by atoms with Gasteiger partial charge in [-0.25, -0.2) is 0 Å². The summed E-state index contributed by atoms with van der Waals surface area (Å²) in [6.45, 7) is 5.84. The van der Waals surface area contributed by atoms with Crippen LogP contribution in [-0.2, 0) is 19.0 Å². The number of rotatable bonds is 5. The maximum Gasteiger partial charge on any atom is 0.243 e. The highest BCUT2D eigenvalue weighted by molar-refractivity contribution is 5.86. The second-order valence-electron chi connectivity index (χ2n) is 8.73. The molecule has 0 N–H and O–H groups in total. The number of amides is 1. The minimum absolute atomic E-state index is 0.0516. The molecule has 0 bridgehead atoms. The van der Waals surface area contributed by atoms with Crippen LogP contribution in [0.15, 0.2) is 0 Å². The van der Waals surface area contributed by atoms with E-state index >= 15 is 0 Å². The highest BCUT2D eigenvalue weighted by Gasteiger charge is 2.55. The van der Waals surface area contributed by atoms with E-state index < -0.39 is 5.41 Å². The molecular formula is C20H30N2O4. The molecule has 6 nitrogen and oxygen atoms in total. The number of carbonyl (C=O) groups is 1. The second kappa shape index (κ2) is 7.46. The molecule has 2 atom stereocenters. The Hall–Kier alpha value is -1.16. The van der Waals surface area contributed by atoms with Gasteiger partial charge in [0.05, 0.1) is 25.9 Å². The Balaban J connectivity index is 1.37. The molecule has 0 aromatic heterocycles. The van der Waals surface area contributed by atoms with Gasteiger partial charge in [0.25, 0.3) is 0 Å². The lowest BCUT2D eigenvalue weighted by Gasteiger charge is -2.30. The average Bonchev–Trinajstić information content (AvgIpc) is 3.36. The maximum atomic E-state index is 13.1. The van der Waals surface area contributed by atoms with Crippen LogP contribution in [0.25, 0.3) is 0 Å². The van der Waals surface area contributed by atoms with Crippen LogP contribution in [0.4, 0.5) is 0 Å². The number of nitriles is 1. The summed E-state index contributed by atoms with van der Waals surface area (Å²) in [5, 5.41) is 9.64. The van der Waals surface area contributed by atoms with Crippen molar-refractivity contribution < 1.29 is 19.0 Å². The van der Waals surface area contributed by atoms with E-state index in [2.05, 4.69) is 6.07 Å². The molecule has 0 spiro atoms. The lowest BCUT2D eigenvalue weighted by molar-refractivity contribution is -0.138. The zero-order valence-corrected chi connectivity index (χ0v) is 15.6. The first-order valence-electron chi connectivity index (χ1n) is 10.1. The Bertz CT molecular complexity index is 563. The van der Waals surface area contributed by atoms with Crippen molar-refractivity contribution in [3.05, 3.63) is 0 Å². The first-order valence-corrected chi connectivity index (χ1v) is 10.1. The fourth-order valence-corrected chi connectivity index (χ4v) is 5.19. The molecule has 4 aliphatic rings. The highest BCUT2D eigenvalue weighted by atomic mass is 16.5. The predicted molar refractivity (Wildman–Crippen MR) is 94.2 cm³/mol. The molecule has 3 aliphatic heterocycles. The van der Waals surface area contributed by atoms with Gasteiger partial charge in [0.2, 0.25) is 5.91 Å². The zero-order valence-electron chi connectivity index (χ0n) is 15.6. The van der Waals surface area contributed by atoms with Crippen LogP contribution in [0.2, 0.25) is 0 Å². The van der Waals surface area contributed by atoms with Crippen molar-refractivity contribution in [2.75, 3.05) is 52.7 Å². The van der Waals surface area contributed by atoms with Gasteiger partial charge in [-0.2, -0.15) is 5.26 Å². The van der Waals surface area contributed by atoms with E-state index in [1.165, 1.54) is 0 Å². The van der Waals surface area contributed by atoms with Gasteiger partial charge in [-0.3, -0.25) is 4.79 Å². The van der Waals surface area contributed by atoms with Crippen LogP contribution in [0, 0.1) is 34.0 Å². The third-order valence-corrected chi connectivity index (χ3v) is 6.97. The SMILES string of the molecule is N#CC1(C(=O)N2C[C@@H]3COC[C@]3(COCC3CCOCC3)C2)CCCC1. The summed E-state index contributed by atoms with van der Waals surface area (Å²) in [5.74, 6) is 0.967. The summed E-state index contributed by atoms with van der Waals surface area (Å²) in [5.41, 5.74) is -0.861. The van der Waals surface area contributed by atoms with Crippen molar-refractivity contribution in [3.63, 3.8) is 0 Å². The summed E-state index contributed by atoms with van der Waals surface area (Å²) in [7, 11) is 0. The monoisotopic (exact) mass is 362 g/mol. The Labute approximate surface area is 155 Å². The Morgan fingerprint density at radius 2 is 2.00 bits per heavy atom. The minimum Gasteiger partial charge on any atom is -0.381 e. The molecule has 1 saturated carbocycles. The van der Waals surface area contributed by atoms with Gasteiger partial charge in [-0.15, -0.1) is 0 Å². The molecule has 0 aromatic carbocycles. The van der Waals surface area contributed by atoms with Crippen LogP contribution < -0.4 is 0 Å². The van der Waals surface area contributed by atoms with Gasteiger partial charge in [-0.05, 0) is 31.6 Å². The molecule has 3 heterocycles. The number of fused-ring (bicyclic) bond motifs is 1. The first-order chi connectivity index (χ1) is 12.7. The lowest BCUT2D eigenvalue weighted by atomic mass is 9.82. The molecule has 3 saturated heterocycles. The van der Waals surface area contributed by atoms with Crippen LogP contribution in [0.3, 0.4) is 0 Å². The summed E-state index contributed by atoms with van der Waals surface area (Å²) >= 11 is 0. The summed E-state index contributed by atoms with van der Waals surface area (Å²) in [6.07, 6.45) is 5.54. The van der Waals surface area contributed by atoms with Gasteiger partial charge in [0, 0.05) is 44.2 Å². The summed E-state index contributed by atoms with van der Waals surface area (Å²) in [4.78, 5) is 15.0.